The first-order valence-corrected chi connectivity index (χ1v) is 7.08. The average Bonchev–Trinajstić information content (AvgIpc) is 2.53. The van der Waals surface area contributed by atoms with Crippen molar-refractivity contribution in [2.45, 2.75) is 32.9 Å². The van der Waals surface area contributed by atoms with Crippen LogP contribution in [0.4, 0.5) is 5.69 Å². The number of carbonyl (C=O) groups excluding carboxylic acids is 1. The molecular weight excluding hydrogens is 264 g/mol. The van der Waals surface area contributed by atoms with Crippen LogP contribution in [0.5, 0.6) is 0 Å². The number of hydrogen-bond acceptors (Lipinski definition) is 4. The van der Waals surface area contributed by atoms with E-state index >= 15 is 0 Å². The van der Waals surface area contributed by atoms with Crippen molar-refractivity contribution in [3.05, 3.63) is 54.1 Å². The van der Waals surface area contributed by atoms with Crippen LogP contribution in [-0.4, -0.2) is 21.9 Å². The van der Waals surface area contributed by atoms with Gasteiger partial charge in [0.2, 0.25) is 0 Å². The van der Waals surface area contributed by atoms with Gasteiger partial charge in [0.1, 0.15) is 5.69 Å². The van der Waals surface area contributed by atoms with E-state index in [0.717, 1.165) is 17.7 Å². The maximum Gasteiger partial charge on any atom is 0.270 e. The highest BCUT2D eigenvalue weighted by atomic mass is 16.1. The summed E-state index contributed by atoms with van der Waals surface area (Å²) >= 11 is 0. The number of rotatable bonds is 6. The minimum Gasteiger partial charge on any atom is -0.382 e. The van der Waals surface area contributed by atoms with Gasteiger partial charge >= 0.3 is 0 Å². The zero-order valence-corrected chi connectivity index (χ0v) is 12.3. The van der Waals surface area contributed by atoms with E-state index in [1.165, 1.54) is 0 Å². The van der Waals surface area contributed by atoms with E-state index in [-0.39, 0.29) is 5.91 Å². The second kappa shape index (κ2) is 7.38. The largest absolute Gasteiger partial charge is 0.382 e. The zero-order valence-electron chi connectivity index (χ0n) is 12.3. The fourth-order valence-corrected chi connectivity index (χ4v) is 1.80. The predicted molar refractivity (Wildman–Crippen MR) is 83.0 cm³/mol. The molecule has 0 aliphatic rings. The fraction of sp³-hybridized carbons (Fsp3) is 0.312. The van der Waals surface area contributed by atoms with E-state index in [9.17, 15) is 4.79 Å². The zero-order chi connectivity index (χ0) is 15.1. The standard InChI is InChI=1S/C16H20N4O/c1-3-12(2)20-14-6-9-18-15(10-14)16(21)19-11-13-4-7-17-8-5-13/h4-10,12H,3,11H2,1-2H3,(H,18,20)(H,19,21). The Morgan fingerprint density at radius 2 is 2.00 bits per heavy atom. The molecule has 0 aliphatic heterocycles. The van der Waals surface area contributed by atoms with Gasteiger partial charge in [-0.05, 0) is 43.2 Å². The topological polar surface area (TPSA) is 66.9 Å². The Bertz CT molecular complexity index is 586. The number of nitrogens with one attached hydrogen (secondary N) is 2. The van der Waals surface area contributed by atoms with E-state index in [1.54, 1.807) is 24.7 Å². The van der Waals surface area contributed by atoms with E-state index in [2.05, 4.69) is 34.4 Å². The maximum absolute atomic E-state index is 12.1. The smallest absolute Gasteiger partial charge is 0.270 e. The first-order valence-electron chi connectivity index (χ1n) is 7.08. The van der Waals surface area contributed by atoms with Gasteiger partial charge in [-0.25, -0.2) is 0 Å². The van der Waals surface area contributed by atoms with Crippen molar-refractivity contribution in [1.82, 2.24) is 15.3 Å². The second-order valence-electron chi connectivity index (χ2n) is 4.92. The van der Waals surface area contributed by atoms with Crippen molar-refractivity contribution < 1.29 is 4.79 Å². The third kappa shape index (κ3) is 4.56. The van der Waals surface area contributed by atoms with E-state index in [0.29, 0.717) is 18.3 Å². The Kier molecular flexibility index (Phi) is 5.26. The third-order valence-corrected chi connectivity index (χ3v) is 3.22. The Morgan fingerprint density at radius 1 is 1.24 bits per heavy atom. The molecule has 0 aliphatic carbocycles. The van der Waals surface area contributed by atoms with E-state index in [1.807, 2.05) is 18.2 Å². The first-order chi connectivity index (χ1) is 10.2. The maximum atomic E-state index is 12.1. The monoisotopic (exact) mass is 284 g/mol. The molecule has 0 fully saturated rings. The molecule has 1 atom stereocenters. The summed E-state index contributed by atoms with van der Waals surface area (Å²) in [5.41, 5.74) is 2.33. The van der Waals surface area contributed by atoms with Gasteiger partial charge in [-0.1, -0.05) is 6.92 Å². The minimum absolute atomic E-state index is 0.181. The van der Waals surface area contributed by atoms with Crippen LogP contribution in [0.25, 0.3) is 0 Å². The molecule has 0 radical (unpaired) electrons. The van der Waals surface area contributed by atoms with Gasteiger partial charge in [-0.15, -0.1) is 0 Å². The molecule has 21 heavy (non-hydrogen) atoms. The number of pyridine rings is 2. The molecule has 5 heteroatoms. The summed E-state index contributed by atoms with van der Waals surface area (Å²) in [7, 11) is 0. The van der Waals surface area contributed by atoms with Gasteiger partial charge < -0.3 is 10.6 Å². The number of aromatic nitrogens is 2. The van der Waals surface area contributed by atoms with Gasteiger partial charge in [-0.2, -0.15) is 0 Å². The van der Waals surface area contributed by atoms with Crippen molar-refractivity contribution in [2.75, 3.05) is 5.32 Å². The molecule has 2 aromatic heterocycles. The second-order valence-corrected chi connectivity index (χ2v) is 4.92. The molecule has 2 rings (SSSR count). The van der Waals surface area contributed by atoms with Crippen molar-refractivity contribution in [2.24, 2.45) is 0 Å². The molecule has 0 spiro atoms. The number of nitrogens with zero attached hydrogens (tertiary/aromatic N) is 2. The van der Waals surface area contributed by atoms with Crippen molar-refractivity contribution in [1.29, 1.82) is 0 Å². The quantitative estimate of drug-likeness (QED) is 0.855. The molecule has 1 unspecified atom stereocenters. The number of carbonyl (C=O) groups is 1. The third-order valence-electron chi connectivity index (χ3n) is 3.22. The lowest BCUT2D eigenvalue weighted by Crippen LogP contribution is -2.24. The molecular formula is C16H20N4O. The predicted octanol–water partition coefficient (Wildman–Crippen LogP) is 2.62. The van der Waals surface area contributed by atoms with Crippen LogP contribution < -0.4 is 10.6 Å². The van der Waals surface area contributed by atoms with E-state index < -0.39 is 0 Å². The van der Waals surface area contributed by atoms with Crippen LogP contribution in [0.3, 0.4) is 0 Å². The highest BCUT2D eigenvalue weighted by Gasteiger charge is 2.08. The molecule has 0 saturated carbocycles. The van der Waals surface area contributed by atoms with Crippen molar-refractivity contribution in [3.63, 3.8) is 0 Å². The molecule has 5 nitrogen and oxygen atoms in total. The highest BCUT2D eigenvalue weighted by molar-refractivity contribution is 5.93. The molecule has 0 saturated heterocycles. The summed E-state index contributed by atoms with van der Waals surface area (Å²) < 4.78 is 0. The molecule has 0 bridgehead atoms. The number of hydrogen-bond donors (Lipinski definition) is 2. The van der Waals surface area contributed by atoms with Gasteiger partial charge in [0, 0.05) is 36.9 Å². The van der Waals surface area contributed by atoms with Crippen LogP contribution >= 0.6 is 0 Å². The van der Waals surface area contributed by atoms with Crippen LogP contribution in [0.15, 0.2) is 42.9 Å². The minimum atomic E-state index is -0.181. The number of anilines is 1. The van der Waals surface area contributed by atoms with Gasteiger partial charge in [0.05, 0.1) is 0 Å². The summed E-state index contributed by atoms with van der Waals surface area (Å²) in [5, 5.41) is 6.19. The number of amides is 1. The Hall–Kier alpha value is -2.43. The summed E-state index contributed by atoms with van der Waals surface area (Å²) in [6, 6.07) is 7.74. The molecule has 2 heterocycles. The Labute approximate surface area is 124 Å². The first kappa shape index (κ1) is 15.0. The SMILES string of the molecule is CCC(C)Nc1ccnc(C(=O)NCc2ccncc2)c1. The average molecular weight is 284 g/mol. The summed E-state index contributed by atoms with van der Waals surface area (Å²) in [6.07, 6.45) is 6.07. The summed E-state index contributed by atoms with van der Waals surface area (Å²) in [6.45, 7) is 4.68. The van der Waals surface area contributed by atoms with Gasteiger partial charge in [0.15, 0.2) is 0 Å². The molecule has 110 valence electrons. The lowest BCUT2D eigenvalue weighted by atomic mass is 10.2. The van der Waals surface area contributed by atoms with Crippen LogP contribution in [0.2, 0.25) is 0 Å². The van der Waals surface area contributed by atoms with Gasteiger partial charge in [0.25, 0.3) is 5.91 Å². The van der Waals surface area contributed by atoms with Crippen molar-refractivity contribution in [3.8, 4) is 0 Å². The summed E-state index contributed by atoms with van der Waals surface area (Å²) in [4.78, 5) is 20.2. The van der Waals surface area contributed by atoms with Crippen LogP contribution in [0.1, 0.15) is 36.3 Å². The fourth-order valence-electron chi connectivity index (χ4n) is 1.80. The molecule has 2 N–H and O–H groups in total. The van der Waals surface area contributed by atoms with E-state index in [4.69, 9.17) is 0 Å². The normalized spacial score (nSPS) is 11.7. The lowest BCUT2D eigenvalue weighted by Gasteiger charge is -2.13. The molecule has 2 aromatic rings. The summed E-state index contributed by atoms with van der Waals surface area (Å²) in [5.74, 6) is -0.181. The molecule has 0 aromatic carbocycles. The highest BCUT2D eigenvalue weighted by Crippen LogP contribution is 2.10. The van der Waals surface area contributed by atoms with Gasteiger partial charge in [-0.3, -0.25) is 14.8 Å². The Balaban J connectivity index is 1.97. The molecule has 1 amide bonds. The Morgan fingerprint density at radius 3 is 2.71 bits per heavy atom. The van der Waals surface area contributed by atoms with Crippen LogP contribution in [-0.2, 0) is 6.54 Å². The van der Waals surface area contributed by atoms with Crippen LogP contribution in [0, 0.1) is 0 Å². The lowest BCUT2D eigenvalue weighted by molar-refractivity contribution is 0.0946. The van der Waals surface area contributed by atoms with Crippen molar-refractivity contribution >= 4 is 11.6 Å².